The highest BCUT2D eigenvalue weighted by Crippen LogP contribution is 2.35. The molecule has 5 rings (SSSR count). The minimum absolute atomic E-state index is 0. The first-order chi connectivity index (χ1) is 16.7. The molecule has 0 unspecified atom stereocenters. The summed E-state index contributed by atoms with van der Waals surface area (Å²) in [6.07, 6.45) is 10.2. The van der Waals surface area contributed by atoms with Gasteiger partial charge < -0.3 is 19.1 Å². The van der Waals surface area contributed by atoms with E-state index in [1.54, 1.807) is 0 Å². The van der Waals surface area contributed by atoms with Crippen LogP contribution in [0.2, 0.25) is 0 Å². The van der Waals surface area contributed by atoms with Crippen molar-refractivity contribution in [3.8, 4) is 5.75 Å². The van der Waals surface area contributed by atoms with Crippen LogP contribution in [0.4, 0.5) is 0 Å². The fraction of sp³-hybridized carbons (Fsp3) is 0.571. The summed E-state index contributed by atoms with van der Waals surface area (Å²) >= 11 is 0. The number of ether oxygens (including phenoxy) is 1. The maximum absolute atomic E-state index is 6.17. The van der Waals surface area contributed by atoms with E-state index in [2.05, 4.69) is 58.3 Å². The van der Waals surface area contributed by atoms with Crippen LogP contribution in [0.25, 0.3) is 11.0 Å². The van der Waals surface area contributed by atoms with Crippen molar-refractivity contribution in [1.29, 1.82) is 0 Å². The topological polar surface area (TPSA) is 54.6 Å². The molecule has 1 aliphatic heterocycles. The summed E-state index contributed by atoms with van der Waals surface area (Å²) < 4.78 is 12.1. The van der Waals surface area contributed by atoms with Gasteiger partial charge in [-0.2, -0.15) is 0 Å². The lowest BCUT2D eigenvalue weighted by Gasteiger charge is -2.31. The van der Waals surface area contributed by atoms with Crippen molar-refractivity contribution in [2.45, 2.75) is 51.5 Å². The number of nitrogens with zero attached hydrogens (tertiary/aromatic N) is 4. The predicted molar refractivity (Wildman–Crippen MR) is 157 cm³/mol. The lowest BCUT2D eigenvalue weighted by molar-refractivity contribution is 0.180. The predicted octanol–water partition coefficient (Wildman–Crippen LogP) is 6.23. The molecule has 3 heterocycles. The number of hydrogen-bond acceptors (Lipinski definition) is 6. The fourth-order valence-corrected chi connectivity index (χ4v) is 5.02. The average Bonchev–Trinajstić information content (AvgIpc) is 3.59. The number of rotatable bonds is 11. The monoisotopic (exact) mass is 570 g/mol. The van der Waals surface area contributed by atoms with Crippen LogP contribution in [0, 0.1) is 11.8 Å². The van der Waals surface area contributed by atoms with Gasteiger partial charge in [-0.1, -0.05) is 11.2 Å². The Hall–Kier alpha value is -1.57. The maximum Gasteiger partial charge on any atom is 0.175 e. The van der Waals surface area contributed by atoms with E-state index in [1.165, 1.54) is 50.9 Å². The molecule has 2 aliphatic rings. The number of piperidine rings is 1. The van der Waals surface area contributed by atoms with Gasteiger partial charge in [-0.05, 0) is 102 Å². The first-order valence-corrected chi connectivity index (χ1v) is 13.0. The molecule has 0 atom stereocenters. The van der Waals surface area contributed by atoms with Crippen molar-refractivity contribution in [2.24, 2.45) is 11.8 Å². The highest BCUT2D eigenvalue weighted by Gasteiger charge is 2.24. The maximum atomic E-state index is 6.17. The van der Waals surface area contributed by atoms with Crippen LogP contribution in [0.1, 0.15) is 49.1 Å². The lowest BCUT2D eigenvalue weighted by atomic mass is 9.91. The molecule has 0 spiro atoms. The van der Waals surface area contributed by atoms with Crippen LogP contribution >= 0.6 is 37.2 Å². The zero-order valence-electron chi connectivity index (χ0n) is 21.9. The van der Waals surface area contributed by atoms with Gasteiger partial charge >= 0.3 is 0 Å². The van der Waals surface area contributed by atoms with Gasteiger partial charge in [0, 0.05) is 36.8 Å². The largest absolute Gasteiger partial charge is 0.493 e. The zero-order valence-corrected chi connectivity index (χ0v) is 24.4. The average molecular weight is 572 g/mol. The van der Waals surface area contributed by atoms with Gasteiger partial charge in [0.1, 0.15) is 5.75 Å². The molecular weight excluding hydrogens is 531 g/mol. The summed E-state index contributed by atoms with van der Waals surface area (Å²) in [5, 5.41) is 5.66. The molecule has 1 saturated carbocycles. The van der Waals surface area contributed by atoms with Gasteiger partial charge in [-0.3, -0.25) is 4.98 Å². The molecule has 206 valence electrons. The molecular formula is C28H41Cl3N4O2. The molecule has 0 radical (unpaired) electrons. The SMILES string of the molecule is CN(C)Cc1c(OCC2CC2)ccc2c(CCC3CCN(CCc4ccccn4)CC3)noc12.Cl.Cl.Cl. The molecule has 0 amide bonds. The van der Waals surface area contributed by atoms with E-state index in [0.717, 1.165) is 72.3 Å². The molecule has 1 aliphatic carbocycles. The Kier molecular flexibility index (Phi) is 12.9. The van der Waals surface area contributed by atoms with E-state index >= 15 is 0 Å². The van der Waals surface area contributed by atoms with Gasteiger partial charge in [-0.15, -0.1) is 37.2 Å². The highest BCUT2D eigenvalue weighted by molar-refractivity contribution is 5.86. The van der Waals surface area contributed by atoms with E-state index < -0.39 is 0 Å². The molecule has 0 bridgehead atoms. The smallest absolute Gasteiger partial charge is 0.175 e. The summed E-state index contributed by atoms with van der Waals surface area (Å²) in [6, 6.07) is 10.5. The quantitative estimate of drug-likeness (QED) is 0.272. The van der Waals surface area contributed by atoms with E-state index in [1.807, 2.05) is 12.3 Å². The highest BCUT2D eigenvalue weighted by atomic mass is 35.5. The molecule has 3 aromatic rings. The summed E-state index contributed by atoms with van der Waals surface area (Å²) in [6.45, 7) is 5.09. The second-order valence-electron chi connectivity index (χ2n) is 10.4. The fourth-order valence-electron chi connectivity index (χ4n) is 5.02. The van der Waals surface area contributed by atoms with Gasteiger partial charge in [0.15, 0.2) is 5.58 Å². The Labute approximate surface area is 239 Å². The molecule has 9 heteroatoms. The Bertz CT molecular complexity index is 1070. The molecule has 6 nitrogen and oxygen atoms in total. The van der Waals surface area contributed by atoms with Gasteiger partial charge in [-0.25, -0.2) is 0 Å². The van der Waals surface area contributed by atoms with Crippen LogP contribution in [-0.4, -0.2) is 60.3 Å². The minimum Gasteiger partial charge on any atom is -0.493 e. The van der Waals surface area contributed by atoms with Crippen molar-refractivity contribution < 1.29 is 9.26 Å². The van der Waals surface area contributed by atoms with Crippen LogP contribution in [0.5, 0.6) is 5.75 Å². The molecule has 1 aromatic carbocycles. The summed E-state index contributed by atoms with van der Waals surface area (Å²) in [5.41, 5.74) is 4.32. The van der Waals surface area contributed by atoms with Crippen LogP contribution in [0.15, 0.2) is 41.1 Å². The standard InChI is InChI=1S/C28H38N4O2.3ClH/c1-31(2)19-25-27(33-20-22-6-7-22)11-9-24-26(30-34-28(24)25)10-8-21-12-16-32(17-13-21)18-14-23-5-3-4-15-29-23;;;/h3-5,9,11,15,21-22H,6-8,10,12-14,16-20H2,1-2H3;3*1H. The summed E-state index contributed by atoms with van der Waals surface area (Å²) in [7, 11) is 4.17. The second-order valence-corrected chi connectivity index (χ2v) is 10.4. The third-order valence-electron chi connectivity index (χ3n) is 7.33. The normalized spacial score (nSPS) is 16.2. The number of likely N-dealkylation sites (tertiary alicyclic amines) is 1. The van der Waals surface area contributed by atoms with E-state index in [0.29, 0.717) is 0 Å². The zero-order chi connectivity index (χ0) is 23.3. The van der Waals surface area contributed by atoms with Crippen molar-refractivity contribution >= 4 is 48.2 Å². The molecule has 37 heavy (non-hydrogen) atoms. The molecule has 2 aromatic heterocycles. The Morgan fingerprint density at radius 1 is 0.973 bits per heavy atom. The van der Waals surface area contributed by atoms with Crippen molar-refractivity contribution in [2.75, 3.05) is 40.3 Å². The number of aromatic nitrogens is 2. The summed E-state index contributed by atoms with van der Waals surface area (Å²) in [4.78, 5) is 9.22. The van der Waals surface area contributed by atoms with Crippen LogP contribution < -0.4 is 4.74 Å². The number of halogens is 3. The van der Waals surface area contributed by atoms with Crippen LogP contribution in [-0.2, 0) is 19.4 Å². The van der Waals surface area contributed by atoms with Crippen molar-refractivity contribution in [3.05, 3.63) is 53.5 Å². The first-order valence-electron chi connectivity index (χ1n) is 13.0. The number of pyridine rings is 1. The Morgan fingerprint density at radius 2 is 1.76 bits per heavy atom. The van der Waals surface area contributed by atoms with E-state index in [9.17, 15) is 0 Å². The second kappa shape index (κ2) is 15.1. The van der Waals surface area contributed by atoms with Gasteiger partial charge in [0.25, 0.3) is 0 Å². The Balaban J connectivity index is 0.00000160. The van der Waals surface area contributed by atoms with E-state index in [4.69, 9.17) is 9.26 Å². The molecule has 0 N–H and O–H groups in total. The van der Waals surface area contributed by atoms with Crippen LogP contribution in [0.3, 0.4) is 0 Å². The van der Waals surface area contributed by atoms with Gasteiger partial charge in [0.05, 0.1) is 17.9 Å². The lowest BCUT2D eigenvalue weighted by Crippen LogP contribution is -2.35. The molecule has 2 fully saturated rings. The Morgan fingerprint density at radius 3 is 2.43 bits per heavy atom. The van der Waals surface area contributed by atoms with E-state index in [-0.39, 0.29) is 37.2 Å². The molecule has 1 saturated heterocycles. The third-order valence-corrected chi connectivity index (χ3v) is 7.33. The van der Waals surface area contributed by atoms with Crippen molar-refractivity contribution in [3.63, 3.8) is 0 Å². The minimum atomic E-state index is 0. The van der Waals surface area contributed by atoms with Gasteiger partial charge in [0.2, 0.25) is 0 Å². The number of hydrogen-bond donors (Lipinski definition) is 0. The number of fused-ring (bicyclic) bond motifs is 1. The number of aryl methyl sites for hydroxylation is 1. The van der Waals surface area contributed by atoms with Crippen molar-refractivity contribution in [1.82, 2.24) is 19.9 Å². The first kappa shape index (κ1) is 31.6. The number of benzene rings is 1. The third kappa shape index (κ3) is 8.72. The summed E-state index contributed by atoms with van der Waals surface area (Å²) in [5.74, 6) is 2.45.